The monoisotopic (exact) mass is 312 g/mol. The molecule has 9 nitrogen and oxygen atoms in total. The lowest BCUT2D eigenvalue weighted by Crippen LogP contribution is -2.24. The first-order valence-corrected chi connectivity index (χ1v) is 7.21. The van der Waals surface area contributed by atoms with Crippen LogP contribution < -0.4 is 9.46 Å². The summed E-state index contributed by atoms with van der Waals surface area (Å²) in [4.78, 5) is 16.3. The van der Waals surface area contributed by atoms with E-state index >= 15 is 0 Å². The quantitative estimate of drug-likeness (QED) is 0.600. The van der Waals surface area contributed by atoms with E-state index in [4.69, 9.17) is 4.74 Å². The normalized spacial score (nSPS) is 11.3. The summed E-state index contributed by atoms with van der Waals surface area (Å²) in [7, 11) is -2.68. The van der Waals surface area contributed by atoms with E-state index < -0.39 is 14.9 Å². The third-order valence-electron chi connectivity index (χ3n) is 2.66. The molecule has 0 radical (unpaired) electrons. The van der Waals surface area contributed by atoms with E-state index in [1.165, 1.54) is 31.8 Å². The first kappa shape index (κ1) is 14.9. The smallest absolute Gasteiger partial charge is 0.271 e. The number of ether oxygens (including phenoxy) is 1. The number of nitrogens with zero attached hydrogens (tertiary/aromatic N) is 2. The Morgan fingerprint density at radius 1 is 1.48 bits per heavy atom. The van der Waals surface area contributed by atoms with Crippen molar-refractivity contribution in [3.63, 3.8) is 0 Å². The number of sulfonamides is 1. The van der Waals surface area contributed by atoms with Crippen LogP contribution in [0.15, 0.2) is 35.6 Å². The highest BCUT2D eigenvalue weighted by Gasteiger charge is 2.23. The number of nitro groups is 1. The van der Waals surface area contributed by atoms with Crippen molar-refractivity contribution in [2.75, 3.05) is 7.11 Å². The van der Waals surface area contributed by atoms with Gasteiger partial charge in [0.05, 0.1) is 24.9 Å². The topological polar surface area (TPSA) is 127 Å². The van der Waals surface area contributed by atoms with E-state index in [0.717, 1.165) is 6.07 Å². The summed E-state index contributed by atoms with van der Waals surface area (Å²) in [6, 6.07) is 3.36. The molecule has 112 valence electrons. The van der Waals surface area contributed by atoms with Gasteiger partial charge in [0, 0.05) is 24.0 Å². The van der Waals surface area contributed by atoms with Gasteiger partial charge in [-0.2, -0.15) is 0 Å². The van der Waals surface area contributed by atoms with E-state index in [0.29, 0.717) is 5.69 Å². The van der Waals surface area contributed by atoms with Crippen LogP contribution in [-0.2, 0) is 16.6 Å². The zero-order valence-electron chi connectivity index (χ0n) is 10.9. The van der Waals surface area contributed by atoms with Gasteiger partial charge < -0.3 is 9.72 Å². The van der Waals surface area contributed by atoms with Crippen LogP contribution in [-0.4, -0.2) is 30.4 Å². The van der Waals surface area contributed by atoms with Gasteiger partial charge in [-0.05, 0) is 6.07 Å². The fourth-order valence-corrected chi connectivity index (χ4v) is 2.81. The van der Waals surface area contributed by atoms with Crippen LogP contribution in [0.1, 0.15) is 5.69 Å². The van der Waals surface area contributed by atoms with Crippen LogP contribution >= 0.6 is 0 Å². The van der Waals surface area contributed by atoms with Crippen molar-refractivity contribution in [3.8, 4) is 5.75 Å². The number of aromatic amines is 1. The highest BCUT2D eigenvalue weighted by molar-refractivity contribution is 7.89. The summed E-state index contributed by atoms with van der Waals surface area (Å²) in [6.45, 7) is -0.0197. The Balaban J connectivity index is 2.33. The molecule has 1 aromatic carbocycles. The molecule has 0 bridgehead atoms. The standard InChI is InChI=1S/C11H12N4O5S/c1-20-10-3-2-9(15(16)17)4-11(10)21(18,19)14-6-8-5-12-7-13-8/h2-5,7,14H,6H2,1H3,(H,12,13). The Kier molecular flexibility index (Phi) is 4.19. The van der Waals surface area contributed by atoms with E-state index in [-0.39, 0.29) is 22.9 Å². The Morgan fingerprint density at radius 3 is 2.81 bits per heavy atom. The Hall–Kier alpha value is -2.46. The second-order valence-corrected chi connectivity index (χ2v) is 5.73. The molecule has 1 heterocycles. The van der Waals surface area contributed by atoms with Crippen molar-refractivity contribution < 1.29 is 18.1 Å². The molecular weight excluding hydrogens is 300 g/mol. The Bertz CT molecular complexity index is 742. The fourth-order valence-electron chi connectivity index (χ4n) is 1.62. The molecule has 0 saturated carbocycles. The highest BCUT2D eigenvalue weighted by Crippen LogP contribution is 2.28. The molecule has 0 aliphatic rings. The predicted octanol–water partition coefficient (Wildman–Crippen LogP) is 0.805. The van der Waals surface area contributed by atoms with E-state index in [9.17, 15) is 18.5 Å². The van der Waals surface area contributed by atoms with Gasteiger partial charge in [-0.3, -0.25) is 10.1 Å². The molecule has 21 heavy (non-hydrogen) atoms. The summed E-state index contributed by atoms with van der Waals surface area (Å²) in [6.07, 6.45) is 2.88. The summed E-state index contributed by atoms with van der Waals surface area (Å²) >= 11 is 0. The number of imidazole rings is 1. The fraction of sp³-hybridized carbons (Fsp3) is 0.182. The third kappa shape index (κ3) is 3.35. The number of nitro benzene ring substituents is 1. The summed E-state index contributed by atoms with van der Waals surface area (Å²) in [5, 5.41) is 10.8. The molecular formula is C11H12N4O5S. The van der Waals surface area contributed by atoms with Crippen LogP contribution in [0.25, 0.3) is 0 Å². The van der Waals surface area contributed by atoms with Gasteiger partial charge >= 0.3 is 0 Å². The van der Waals surface area contributed by atoms with Crippen molar-refractivity contribution in [1.82, 2.24) is 14.7 Å². The molecule has 0 spiro atoms. The van der Waals surface area contributed by atoms with Gasteiger partial charge in [-0.25, -0.2) is 18.1 Å². The van der Waals surface area contributed by atoms with Gasteiger partial charge in [-0.1, -0.05) is 0 Å². The average Bonchev–Trinajstić information content (AvgIpc) is 2.98. The van der Waals surface area contributed by atoms with E-state index in [1.54, 1.807) is 0 Å². The van der Waals surface area contributed by atoms with Crippen molar-refractivity contribution in [2.24, 2.45) is 0 Å². The zero-order chi connectivity index (χ0) is 15.5. The van der Waals surface area contributed by atoms with Crippen molar-refractivity contribution in [1.29, 1.82) is 0 Å². The number of methoxy groups -OCH3 is 1. The maximum Gasteiger partial charge on any atom is 0.271 e. The largest absolute Gasteiger partial charge is 0.495 e. The second kappa shape index (κ2) is 5.89. The number of hydrogen-bond acceptors (Lipinski definition) is 6. The average molecular weight is 312 g/mol. The maximum atomic E-state index is 12.2. The number of nitrogens with one attached hydrogen (secondary N) is 2. The predicted molar refractivity (Wildman–Crippen MR) is 72.3 cm³/mol. The molecule has 0 fully saturated rings. The lowest BCUT2D eigenvalue weighted by Gasteiger charge is -2.10. The number of non-ortho nitro benzene ring substituents is 1. The first-order valence-electron chi connectivity index (χ1n) is 5.73. The molecule has 1 aromatic heterocycles. The zero-order valence-corrected chi connectivity index (χ0v) is 11.8. The molecule has 0 unspecified atom stereocenters. The van der Waals surface area contributed by atoms with Crippen LogP contribution in [0.5, 0.6) is 5.75 Å². The van der Waals surface area contributed by atoms with Crippen LogP contribution in [0.4, 0.5) is 5.69 Å². The molecule has 2 rings (SSSR count). The summed E-state index contributed by atoms with van der Waals surface area (Å²) in [5.74, 6) is 0.0257. The molecule has 10 heteroatoms. The molecule has 2 aromatic rings. The van der Waals surface area contributed by atoms with Crippen molar-refractivity contribution in [2.45, 2.75) is 11.4 Å². The van der Waals surface area contributed by atoms with Crippen molar-refractivity contribution >= 4 is 15.7 Å². The summed E-state index contributed by atoms with van der Waals surface area (Å²) in [5.41, 5.74) is 0.223. The maximum absolute atomic E-state index is 12.2. The molecule has 0 aliphatic carbocycles. The summed E-state index contributed by atoms with van der Waals surface area (Å²) < 4.78 is 31.7. The lowest BCUT2D eigenvalue weighted by molar-refractivity contribution is -0.385. The Morgan fingerprint density at radius 2 is 2.24 bits per heavy atom. The Labute approximate surface area is 120 Å². The van der Waals surface area contributed by atoms with Gasteiger partial charge in [0.15, 0.2) is 0 Å². The number of rotatable bonds is 6. The van der Waals surface area contributed by atoms with Crippen LogP contribution in [0.2, 0.25) is 0 Å². The third-order valence-corrected chi connectivity index (χ3v) is 4.08. The SMILES string of the molecule is COc1ccc([N+](=O)[O-])cc1S(=O)(=O)NCc1cnc[nH]1. The number of aromatic nitrogens is 2. The van der Waals surface area contributed by atoms with Gasteiger partial charge in [0.2, 0.25) is 10.0 Å². The highest BCUT2D eigenvalue weighted by atomic mass is 32.2. The minimum Gasteiger partial charge on any atom is -0.495 e. The molecule has 0 amide bonds. The second-order valence-electron chi connectivity index (χ2n) is 3.99. The van der Waals surface area contributed by atoms with Gasteiger partial charge in [0.1, 0.15) is 10.6 Å². The minimum absolute atomic E-state index is 0.0197. The number of hydrogen-bond donors (Lipinski definition) is 2. The molecule has 0 aliphatic heterocycles. The lowest BCUT2D eigenvalue weighted by atomic mass is 10.3. The number of benzene rings is 1. The van der Waals surface area contributed by atoms with Crippen molar-refractivity contribution in [3.05, 3.63) is 46.5 Å². The molecule has 0 saturated heterocycles. The van der Waals surface area contributed by atoms with Crippen LogP contribution in [0, 0.1) is 10.1 Å². The number of H-pyrrole nitrogens is 1. The molecule has 0 atom stereocenters. The van der Waals surface area contributed by atoms with Gasteiger partial charge in [-0.15, -0.1) is 0 Å². The van der Waals surface area contributed by atoms with E-state index in [1.807, 2.05) is 0 Å². The first-order chi connectivity index (χ1) is 9.94. The molecule has 2 N–H and O–H groups in total. The van der Waals surface area contributed by atoms with Crippen LogP contribution in [0.3, 0.4) is 0 Å². The van der Waals surface area contributed by atoms with E-state index in [2.05, 4.69) is 14.7 Å². The van der Waals surface area contributed by atoms with Gasteiger partial charge in [0.25, 0.3) is 5.69 Å². The minimum atomic E-state index is -3.96.